The summed E-state index contributed by atoms with van der Waals surface area (Å²) in [5, 5.41) is 5.17. The van der Waals surface area contributed by atoms with Gasteiger partial charge in [-0.05, 0) is 24.1 Å². The second-order valence-corrected chi connectivity index (χ2v) is 8.38. The van der Waals surface area contributed by atoms with Crippen LogP contribution in [0, 0.1) is 0 Å². The first-order valence-corrected chi connectivity index (χ1v) is 10.1. The van der Waals surface area contributed by atoms with Crippen molar-refractivity contribution in [1.82, 2.24) is 19.4 Å². The van der Waals surface area contributed by atoms with Crippen LogP contribution in [0.2, 0.25) is 5.02 Å². The third-order valence-corrected chi connectivity index (χ3v) is 5.24. The van der Waals surface area contributed by atoms with Gasteiger partial charge in [0.05, 0.1) is 18.0 Å². The molecule has 1 aromatic heterocycles. The molecule has 0 fully saturated rings. The van der Waals surface area contributed by atoms with Crippen molar-refractivity contribution in [2.45, 2.75) is 25.6 Å². The monoisotopic (exact) mass is 368 g/mol. The van der Waals surface area contributed by atoms with E-state index in [1.165, 1.54) is 6.26 Å². The van der Waals surface area contributed by atoms with Crippen LogP contribution in [-0.2, 0) is 23.1 Å². The topological polar surface area (TPSA) is 67.2 Å². The molecular weight excluding hydrogens is 348 g/mol. The van der Waals surface area contributed by atoms with Crippen LogP contribution >= 0.6 is 11.6 Å². The minimum absolute atomic E-state index is 0.139. The average molecular weight is 369 g/mol. The van der Waals surface area contributed by atoms with Gasteiger partial charge >= 0.3 is 0 Å². The van der Waals surface area contributed by atoms with E-state index in [2.05, 4.69) is 14.7 Å². The van der Waals surface area contributed by atoms with Crippen molar-refractivity contribution in [3.8, 4) is 0 Å². The molecule has 0 radical (unpaired) electrons. The predicted octanol–water partition coefficient (Wildman–Crippen LogP) is 2.03. The van der Waals surface area contributed by atoms with Gasteiger partial charge in [0.15, 0.2) is 0 Å². The van der Waals surface area contributed by atoms with Crippen molar-refractivity contribution in [1.29, 1.82) is 0 Å². The second kappa shape index (κ2) is 7.23. The van der Waals surface area contributed by atoms with Crippen LogP contribution in [0.25, 0.3) is 0 Å². The summed E-state index contributed by atoms with van der Waals surface area (Å²) in [6, 6.07) is 10.0. The van der Waals surface area contributed by atoms with E-state index in [-0.39, 0.29) is 6.04 Å². The van der Waals surface area contributed by atoms with Crippen molar-refractivity contribution in [2.24, 2.45) is 0 Å². The van der Waals surface area contributed by atoms with E-state index >= 15 is 0 Å². The van der Waals surface area contributed by atoms with Crippen molar-refractivity contribution < 1.29 is 8.42 Å². The third-order valence-electron chi connectivity index (χ3n) is 4.15. The van der Waals surface area contributed by atoms with Crippen molar-refractivity contribution in [3.63, 3.8) is 0 Å². The molecule has 1 N–H and O–H groups in total. The molecule has 0 spiro atoms. The second-order valence-electron chi connectivity index (χ2n) is 6.14. The Bertz CT molecular complexity index is 806. The molecule has 1 aliphatic rings. The van der Waals surface area contributed by atoms with Gasteiger partial charge in [-0.1, -0.05) is 29.8 Å². The molecule has 2 heterocycles. The molecule has 3 rings (SSSR count). The van der Waals surface area contributed by atoms with Crippen LogP contribution in [0.3, 0.4) is 0 Å². The Kier molecular flexibility index (Phi) is 5.24. The zero-order valence-corrected chi connectivity index (χ0v) is 15.1. The molecule has 1 unspecified atom stereocenters. The maximum Gasteiger partial charge on any atom is 0.208 e. The summed E-state index contributed by atoms with van der Waals surface area (Å²) >= 11 is 6.27. The molecule has 1 aliphatic heterocycles. The molecule has 0 saturated carbocycles. The molecule has 0 bridgehead atoms. The molecule has 8 heteroatoms. The van der Waals surface area contributed by atoms with E-state index in [4.69, 9.17) is 11.6 Å². The largest absolute Gasteiger partial charge is 0.291 e. The number of sulfonamides is 1. The van der Waals surface area contributed by atoms with Crippen LogP contribution in [0.1, 0.15) is 23.7 Å². The standard InChI is InChI=1S/C16H21ClN4O2S/c1-24(22,23)19-9-7-15-12-20(11-14-6-8-18-21(14)15)10-13-4-2-3-5-16(13)17/h2-6,8,15,19H,7,9-12H2,1H3. The van der Waals surface area contributed by atoms with Gasteiger partial charge in [-0.15, -0.1) is 0 Å². The van der Waals surface area contributed by atoms with Gasteiger partial charge in [0, 0.05) is 37.4 Å². The smallest absolute Gasteiger partial charge is 0.208 e. The quantitative estimate of drug-likeness (QED) is 0.847. The first-order valence-electron chi connectivity index (χ1n) is 7.85. The Morgan fingerprint density at radius 1 is 1.33 bits per heavy atom. The molecule has 1 atom stereocenters. The van der Waals surface area contributed by atoms with Gasteiger partial charge < -0.3 is 0 Å². The number of benzene rings is 1. The van der Waals surface area contributed by atoms with Crippen LogP contribution in [0.4, 0.5) is 0 Å². The number of nitrogens with one attached hydrogen (secondary N) is 1. The van der Waals surface area contributed by atoms with Crippen molar-refractivity contribution >= 4 is 21.6 Å². The summed E-state index contributed by atoms with van der Waals surface area (Å²) in [4.78, 5) is 2.32. The Morgan fingerprint density at radius 2 is 2.12 bits per heavy atom. The van der Waals surface area contributed by atoms with Crippen molar-refractivity contribution in [3.05, 3.63) is 52.8 Å². The zero-order valence-electron chi connectivity index (χ0n) is 13.5. The third kappa shape index (κ3) is 4.36. The summed E-state index contributed by atoms with van der Waals surface area (Å²) in [5.41, 5.74) is 2.23. The first-order chi connectivity index (χ1) is 11.4. The number of hydrogen-bond donors (Lipinski definition) is 1. The lowest BCUT2D eigenvalue weighted by atomic mass is 10.1. The fourth-order valence-corrected chi connectivity index (χ4v) is 3.76. The number of halogens is 1. The van der Waals surface area contributed by atoms with Crippen LogP contribution in [0.5, 0.6) is 0 Å². The highest BCUT2D eigenvalue weighted by molar-refractivity contribution is 7.88. The zero-order chi connectivity index (χ0) is 17.2. The summed E-state index contributed by atoms with van der Waals surface area (Å²) in [6.45, 7) is 2.79. The molecular formula is C16H21ClN4O2S. The maximum atomic E-state index is 11.3. The molecule has 0 amide bonds. The van der Waals surface area contributed by atoms with E-state index < -0.39 is 10.0 Å². The highest BCUT2D eigenvalue weighted by atomic mass is 35.5. The molecule has 0 saturated heterocycles. The average Bonchev–Trinajstić information content (AvgIpc) is 2.97. The Balaban J connectivity index is 1.70. The van der Waals surface area contributed by atoms with E-state index in [1.807, 2.05) is 35.0 Å². The maximum absolute atomic E-state index is 11.3. The minimum Gasteiger partial charge on any atom is -0.291 e. The van der Waals surface area contributed by atoms with Gasteiger partial charge in [-0.25, -0.2) is 13.1 Å². The van der Waals surface area contributed by atoms with E-state index in [0.717, 1.165) is 35.9 Å². The Morgan fingerprint density at radius 3 is 2.88 bits per heavy atom. The lowest BCUT2D eigenvalue weighted by molar-refractivity contribution is 0.162. The highest BCUT2D eigenvalue weighted by Gasteiger charge is 2.25. The van der Waals surface area contributed by atoms with Gasteiger partial charge in [-0.2, -0.15) is 5.10 Å². The summed E-state index contributed by atoms with van der Waals surface area (Å²) in [6.07, 6.45) is 3.67. The minimum atomic E-state index is -3.17. The molecule has 2 aromatic rings. The summed E-state index contributed by atoms with van der Waals surface area (Å²) in [5.74, 6) is 0. The predicted molar refractivity (Wildman–Crippen MR) is 94.3 cm³/mol. The fourth-order valence-electron chi connectivity index (χ4n) is 3.08. The molecule has 1 aromatic carbocycles. The van der Waals surface area contributed by atoms with Crippen molar-refractivity contribution in [2.75, 3.05) is 19.3 Å². The van der Waals surface area contributed by atoms with Crippen LogP contribution in [-0.4, -0.2) is 42.4 Å². The van der Waals surface area contributed by atoms with Gasteiger partial charge in [-0.3, -0.25) is 9.58 Å². The highest BCUT2D eigenvalue weighted by Crippen LogP contribution is 2.25. The van der Waals surface area contributed by atoms with Gasteiger partial charge in [0.2, 0.25) is 10.0 Å². The summed E-state index contributed by atoms with van der Waals surface area (Å²) < 4.78 is 27.1. The Hall–Kier alpha value is -1.41. The van der Waals surface area contributed by atoms with Crippen LogP contribution in [0.15, 0.2) is 36.5 Å². The Labute approximate surface area is 147 Å². The molecule has 0 aliphatic carbocycles. The lowest BCUT2D eigenvalue weighted by Crippen LogP contribution is -2.38. The number of hydrogen-bond acceptors (Lipinski definition) is 4. The van der Waals surface area contributed by atoms with Gasteiger partial charge in [0.25, 0.3) is 0 Å². The van der Waals surface area contributed by atoms with E-state index in [0.29, 0.717) is 13.0 Å². The van der Waals surface area contributed by atoms with E-state index in [1.54, 1.807) is 6.20 Å². The number of aromatic nitrogens is 2. The SMILES string of the molecule is CS(=O)(=O)NCCC1CN(Cc2ccccc2Cl)Cc2ccnn21. The van der Waals surface area contributed by atoms with Crippen LogP contribution < -0.4 is 4.72 Å². The molecule has 6 nitrogen and oxygen atoms in total. The van der Waals surface area contributed by atoms with Gasteiger partial charge in [0.1, 0.15) is 0 Å². The fraction of sp³-hybridized carbons (Fsp3) is 0.438. The number of rotatable bonds is 6. The molecule has 130 valence electrons. The number of nitrogens with zero attached hydrogens (tertiary/aromatic N) is 3. The normalized spacial score (nSPS) is 18.5. The first kappa shape index (κ1) is 17.4. The lowest BCUT2D eigenvalue weighted by Gasteiger charge is -2.34. The number of fused-ring (bicyclic) bond motifs is 1. The molecule has 24 heavy (non-hydrogen) atoms. The van der Waals surface area contributed by atoms with E-state index in [9.17, 15) is 8.42 Å². The summed E-state index contributed by atoms with van der Waals surface area (Å²) in [7, 11) is -3.17.